The molecule has 0 saturated carbocycles. The lowest BCUT2D eigenvalue weighted by molar-refractivity contribution is 0.190. The van der Waals surface area contributed by atoms with Gasteiger partial charge in [-0.15, -0.1) is 0 Å². The van der Waals surface area contributed by atoms with Crippen molar-refractivity contribution in [3.8, 4) is 5.75 Å². The first-order chi connectivity index (χ1) is 9.47. The van der Waals surface area contributed by atoms with Crippen molar-refractivity contribution in [2.24, 2.45) is 0 Å². The van der Waals surface area contributed by atoms with Crippen molar-refractivity contribution in [3.63, 3.8) is 0 Å². The Hall–Kier alpha value is -1.29. The minimum atomic E-state index is -0.716. The van der Waals surface area contributed by atoms with Gasteiger partial charge in [-0.2, -0.15) is 0 Å². The maximum absolute atomic E-state index is 13.2. The molecule has 106 valence electrons. The van der Waals surface area contributed by atoms with Crippen LogP contribution in [-0.2, 0) is 6.61 Å². The number of ether oxygens (including phenoxy) is 1. The fourth-order valence-electron chi connectivity index (χ4n) is 1.79. The largest absolute Gasteiger partial charge is 0.488 e. The predicted octanol–water partition coefficient (Wildman–Crippen LogP) is 4.76. The van der Waals surface area contributed by atoms with Gasteiger partial charge in [0.2, 0.25) is 0 Å². The third kappa shape index (κ3) is 3.63. The van der Waals surface area contributed by atoms with E-state index in [0.29, 0.717) is 26.9 Å². The predicted molar refractivity (Wildman–Crippen MR) is 77.8 cm³/mol. The van der Waals surface area contributed by atoms with Crippen LogP contribution < -0.4 is 4.74 Å². The highest BCUT2D eigenvalue weighted by molar-refractivity contribution is 6.31. The smallest absolute Gasteiger partial charge is 0.125 e. The number of halogens is 3. The molecule has 0 aliphatic heterocycles. The van der Waals surface area contributed by atoms with Gasteiger partial charge in [-0.1, -0.05) is 23.2 Å². The molecule has 1 unspecified atom stereocenters. The van der Waals surface area contributed by atoms with Gasteiger partial charge in [-0.3, -0.25) is 0 Å². The number of aliphatic hydroxyl groups excluding tert-OH is 1. The number of hydrogen-bond acceptors (Lipinski definition) is 2. The number of hydrogen-bond donors (Lipinski definition) is 1. The van der Waals surface area contributed by atoms with Crippen molar-refractivity contribution < 1.29 is 14.2 Å². The van der Waals surface area contributed by atoms with Crippen molar-refractivity contribution >= 4 is 23.2 Å². The summed E-state index contributed by atoms with van der Waals surface area (Å²) in [4.78, 5) is 0. The quantitative estimate of drug-likeness (QED) is 0.881. The van der Waals surface area contributed by atoms with Crippen molar-refractivity contribution in [2.75, 3.05) is 0 Å². The van der Waals surface area contributed by atoms with Gasteiger partial charge in [0.1, 0.15) is 18.2 Å². The third-order valence-corrected chi connectivity index (χ3v) is 3.42. The molecule has 0 aromatic heterocycles. The van der Waals surface area contributed by atoms with Gasteiger partial charge < -0.3 is 9.84 Å². The molecule has 2 aromatic rings. The van der Waals surface area contributed by atoms with E-state index in [1.54, 1.807) is 25.1 Å². The van der Waals surface area contributed by atoms with Crippen LogP contribution in [0.1, 0.15) is 24.2 Å². The van der Waals surface area contributed by atoms with E-state index >= 15 is 0 Å². The Labute approximate surface area is 126 Å². The van der Waals surface area contributed by atoms with E-state index in [4.69, 9.17) is 27.9 Å². The van der Waals surface area contributed by atoms with E-state index in [9.17, 15) is 9.50 Å². The van der Waals surface area contributed by atoms with Crippen LogP contribution >= 0.6 is 23.2 Å². The normalized spacial score (nSPS) is 12.2. The first-order valence-electron chi connectivity index (χ1n) is 6.01. The first-order valence-corrected chi connectivity index (χ1v) is 6.77. The molecule has 0 saturated heterocycles. The summed E-state index contributed by atoms with van der Waals surface area (Å²) in [6, 6.07) is 9.05. The molecule has 20 heavy (non-hydrogen) atoms. The van der Waals surface area contributed by atoms with Crippen LogP contribution in [-0.4, -0.2) is 5.11 Å². The second-order valence-electron chi connectivity index (χ2n) is 4.38. The third-order valence-electron chi connectivity index (χ3n) is 2.81. The van der Waals surface area contributed by atoms with Crippen LogP contribution in [0.5, 0.6) is 5.75 Å². The molecule has 0 heterocycles. The highest BCUT2D eigenvalue weighted by atomic mass is 35.5. The van der Waals surface area contributed by atoms with E-state index in [2.05, 4.69) is 0 Å². The summed E-state index contributed by atoms with van der Waals surface area (Å²) in [5.41, 5.74) is 1.11. The lowest BCUT2D eigenvalue weighted by Gasteiger charge is -2.14. The number of aliphatic hydroxyl groups is 1. The minimum Gasteiger partial charge on any atom is -0.488 e. The Bertz CT molecular complexity index is 615. The highest BCUT2D eigenvalue weighted by Crippen LogP contribution is 2.29. The fourth-order valence-corrected chi connectivity index (χ4v) is 2.14. The lowest BCUT2D eigenvalue weighted by atomic mass is 10.1. The maximum Gasteiger partial charge on any atom is 0.125 e. The van der Waals surface area contributed by atoms with Gasteiger partial charge in [0.05, 0.1) is 6.10 Å². The highest BCUT2D eigenvalue weighted by Gasteiger charge is 2.11. The van der Waals surface area contributed by atoms with Crippen LogP contribution in [0.2, 0.25) is 10.0 Å². The van der Waals surface area contributed by atoms with Crippen molar-refractivity contribution in [1.82, 2.24) is 0 Å². The summed E-state index contributed by atoms with van der Waals surface area (Å²) in [6.07, 6.45) is -0.716. The second-order valence-corrected chi connectivity index (χ2v) is 5.23. The number of rotatable bonds is 4. The molecule has 0 aliphatic rings. The van der Waals surface area contributed by atoms with Gasteiger partial charge in [0, 0.05) is 21.2 Å². The van der Waals surface area contributed by atoms with Crippen LogP contribution in [0.3, 0.4) is 0 Å². The SMILES string of the molecule is CC(O)c1cc(Cl)ccc1OCc1cc(F)ccc1Cl. The molecule has 1 atom stereocenters. The Balaban J connectivity index is 2.20. The van der Waals surface area contributed by atoms with Crippen LogP contribution in [0.4, 0.5) is 4.39 Å². The fraction of sp³-hybridized carbons (Fsp3) is 0.200. The summed E-state index contributed by atoms with van der Waals surface area (Å²) in [5, 5.41) is 10.6. The molecule has 0 fully saturated rings. The molecule has 2 rings (SSSR count). The van der Waals surface area contributed by atoms with E-state index in [0.717, 1.165) is 0 Å². The van der Waals surface area contributed by atoms with Crippen molar-refractivity contribution in [1.29, 1.82) is 0 Å². The summed E-state index contributed by atoms with van der Waals surface area (Å²) in [7, 11) is 0. The van der Waals surface area contributed by atoms with E-state index < -0.39 is 6.10 Å². The Morgan fingerprint density at radius 3 is 2.65 bits per heavy atom. The molecule has 0 aliphatic carbocycles. The Kier molecular flexibility index (Phi) is 4.86. The Morgan fingerprint density at radius 2 is 1.95 bits per heavy atom. The van der Waals surface area contributed by atoms with E-state index in [-0.39, 0.29) is 12.4 Å². The second kappa shape index (κ2) is 6.44. The first kappa shape index (κ1) is 15.1. The van der Waals surface area contributed by atoms with Crippen LogP contribution in [0.25, 0.3) is 0 Å². The van der Waals surface area contributed by atoms with Gasteiger partial charge >= 0.3 is 0 Å². The molecular weight excluding hydrogens is 302 g/mol. The summed E-state index contributed by atoms with van der Waals surface area (Å²) < 4.78 is 18.8. The molecule has 0 radical (unpaired) electrons. The molecule has 0 amide bonds. The monoisotopic (exact) mass is 314 g/mol. The zero-order valence-electron chi connectivity index (χ0n) is 10.7. The summed E-state index contributed by atoms with van der Waals surface area (Å²) >= 11 is 11.9. The zero-order chi connectivity index (χ0) is 14.7. The lowest BCUT2D eigenvalue weighted by Crippen LogP contribution is -2.02. The zero-order valence-corrected chi connectivity index (χ0v) is 12.2. The molecule has 0 spiro atoms. The molecule has 0 bridgehead atoms. The Morgan fingerprint density at radius 1 is 1.20 bits per heavy atom. The summed E-state index contributed by atoms with van der Waals surface area (Å²) in [5.74, 6) is 0.115. The average molecular weight is 315 g/mol. The molecule has 5 heteroatoms. The van der Waals surface area contributed by atoms with Crippen LogP contribution in [0.15, 0.2) is 36.4 Å². The van der Waals surface area contributed by atoms with E-state index in [1.807, 2.05) is 0 Å². The molecule has 2 aromatic carbocycles. The standard InChI is InChI=1S/C15H13Cl2FO2/c1-9(19)13-7-11(16)2-5-15(13)20-8-10-6-12(18)3-4-14(10)17/h2-7,9,19H,8H2,1H3. The minimum absolute atomic E-state index is 0.109. The van der Waals surface area contributed by atoms with Gasteiger partial charge in [-0.05, 0) is 43.3 Å². The topological polar surface area (TPSA) is 29.5 Å². The van der Waals surface area contributed by atoms with Crippen LogP contribution in [0, 0.1) is 5.82 Å². The van der Waals surface area contributed by atoms with Gasteiger partial charge in [0.25, 0.3) is 0 Å². The average Bonchev–Trinajstić information content (AvgIpc) is 2.40. The van der Waals surface area contributed by atoms with Gasteiger partial charge in [-0.25, -0.2) is 4.39 Å². The van der Waals surface area contributed by atoms with Crippen molar-refractivity contribution in [3.05, 3.63) is 63.4 Å². The van der Waals surface area contributed by atoms with Gasteiger partial charge in [0.15, 0.2) is 0 Å². The van der Waals surface area contributed by atoms with Crippen molar-refractivity contribution in [2.45, 2.75) is 19.6 Å². The number of benzene rings is 2. The molecule has 2 nitrogen and oxygen atoms in total. The molecular formula is C15H13Cl2FO2. The summed E-state index contributed by atoms with van der Waals surface area (Å²) in [6.45, 7) is 1.73. The molecule has 1 N–H and O–H groups in total. The maximum atomic E-state index is 13.2. The van der Waals surface area contributed by atoms with E-state index in [1.165, 1.54) is 18.2 Å².